The van der Waals surface area contributed by atoms with Crippen molar-refractivity contribution in [3.8, 4) is 0 Å². The number of sulfonamides is 1. The monoisotopic (exact) mass is 391 g/mol. The number of hydrogen-bond donors (Lipinski definition) is 1. The fourth-order valence-corrected chi connectivity index (χ4v) is 3.18. The molecule has 1 N–H and O–H groups in total. The van der Waals surface area contributed by atoms with E-state index in [1.54, 1.807) is 12.1 Å². The first-order valence-electron chi connectivity index (χ1n) is 8.64. The summed E-state index contributed by atoms with van der Waals surface area (Å²) in [4.78, 5) is 14.5. The highest BCUT2D eigenvalue weighted by Crippen LogP contribution is 2.15. The molecule has 146 valence electrons. The Balaban J connectivity index is 2.05. The SMILES string of the molecule is CCCCN(C)c1ccc(NC(=O)c2ccc(S(=O)(=O)N(C)C)cc2)nn1. The van der Waals surface area contributed by atoms with Crippen molar-refractivity contribution < 1.29 is 13.2 Å². The number of carbonyl (C=O) groups excluding carboxylic acids is 1. The average Bonchev–Trinajstić information content (AvgIpc) is 2.66. The van der Waals surface area contributed by atoms with Crippen LogP contribution in [0.4, 0.5) is 11.6 Å². The summed E-state index contributed by atoms with van der Waals surface area (Å²) in [6, 6.07) is 9.22. The third-order valence-corrected chi connectivity index (χ3v) is 5.85. The van der Waals surface area contributed by atoms with Gasteiger partial charge in [0, 0.05) is 33.3 Å². The predicted octanol–water partition coefficient (Wildman–Crippen LogP) is 2.22. The second-order valence-corrected chi connectivity index (χ2v) is 8.47. The lowest BCUT2D eigenvalue weighted by Gasteiger charge is -2.17. The van der Waals surface area contributed by atoms with Crippen LogP contribution in [0.1, 0.15) is 30.1 Å². The zero-order chi connectivity index (χ0) is 20.0. The second kappa shape index (κ2) is 8.92. The van der Waals surface area contributed by atoms with Crippen LogP contribution in [0.5, 0.6) is 0 Å². The largest absolute Gasteiger partial charge is 0.358 e. The Hall–Kier alpha value is -2.52. The zero-order valence-corrected chi connectivity index (χ0v) is 16.8. The zero-order valence-electron chi connectivity index (χ0n) is 16.0. The van der Waals surface area contributed by atoms with Crippen LogP contribution in [0, 0.1) is 0 Å². The molecule has 1 heterocycles. The predicted molar refractivity (Wildman–Crippen MR) is 105 cm³/mol. The Morgan fingerprint density at radius 2 is 1.70 bits per heavy atom. The van der Waals surface area contributed by atoms with Crippen LogP contribution in [0.3, 0.4) is 0 Å². The van der Waals surface area contributed by atoms with Crippen LogP contribution in [0.25, 0.3) is 0 Å². The minimum Gasteiger partial charge on any atom is -0.358 e. The van der Waals surface area contributed by atoms with Crippen LogP contribution < -0.4 is 10.2 Å². The summed E-state index contributed by atoms with van der Waals surface area (Å²) in [5, 5.41) is 10.8. The summed E-state index contributed by atoms with van der Waals surface area (Å²) < 4.78 is 25.2. The van der Waals surface area contributed by atoms with Gasteiger partial charge in [0.05, 0.1) is 4.90 Å². The molecule has 0 aliphatic carbocycles. The molecule has 0 spiro atoms. The lowest BCUT2D eigenvalue weighted by Crippen LogP contribution is -2.22. The Morgan fingerprint density at radius 1 is 1.04 bits per heavy atom. The molecule has 1 aromatic carbocycles. The van der Waals surface area contributed by atoms with E-state index in [0.29, 0.717) is 11.4 Å². The van der Waals surface area contributed by atoms with Gasteiger partial charge in [0.1, 0.15) is 0 Å². The lowest BCUT2D eigenvalue weighted by atomic mass is 10.2. The molecule has 0 fully saturated rings. The molecular formula is C18H25N5O3S. The molecule has 9 heteroatoms. The summed E-state index contributed by atoms with van der Waals surface area (Å²) in [7, 11) is 1.33. The number of amides is 1. The molecule has 27 heavy (non-hydrogen) atoms. The van der Waals surface area contributed by atoms with E-state index < -0.39 is 10.0 Å². The summed E-state index contributed by atoms with van der Waals surface area (Å²) in [5.41, 5.74) is 0.332. The Labute approximate surface area is 160 Å². The molecule has 0 saturated heterocycles. The average molecular weight is 391 g/mol. The van der Waals surface area contributed by atoms with Crippen molar-refractivity contribution in [1.82, 2.24) is 14.5 Å². The Morgan fingerprint density at radius 3 is 2.22 bits per heavy atom. The van der Waals surface area contributed by atoms with Gasteiger partial charge < -0.3 is 10.2 Å². The van der Waals surface area contributed by atoms with Crippen LogP contribution in [0.2, 0.25) is 0 Å². The maximum atomic E-state index is 12.3. The van der Waals surface area contributed by atoms with Crippen molar-refractivity contribution in [2.24, 2.45) is 0 Å². The maximum absolute atomic E-state index is 12.3. The minimum atomic E-state index is -3.52. The van der Waals surface area contributed by atoms with Gasteiger partial charge in [-0.3, -0.25) is 4.79 Å². The number of aromatic nitrogens is 2. The number of hydrogen-bond acceptors (Lipinski definition) is 6. The van der Waals surface area contributed by atoms with Crippen LogP contribution in [0.15, 0.2) is 41.3 Å². The van der Waals surface area contributed by atoms with Crippen LogP contribution >= 0.6 is 0 Å². The van der Waals surface area contributed by atoms with E-state index >= 15 is 0 Å². The Bertz CT molecular complexity index is 865. The molecule has 0 bridgehead atoms. The topological polar surface area (TPSA) is 95.5 Å². The van der Waals surface area contributed by atoms with Crippen molar-refractivity contribution >= 4 is 27.6 Å². The molecule has 0 unspecified atom stereocenters. The summed E-state index contributed by atoms with van der Waals surface area (Å²) in [5.74, 6) is 0.683. The van der Waals surface area contributed by atoms with Crippen LogP contribution in [-0.4, -0.2) is 56.5 Å². The third kappa shape index (κ3) is 5.24. The number of rotatable bonds is 8. The van der Waals surface area contributed by atoms with Gasteiger partial charge in [-0.2, -0.15) is 0 Å². The molecule has 0 atom stereocenters. The van der Waals surface area contributed by atoms with E-state index in [4.69, 9.17) is 0 Å². The number of anilines is 2. The normalized spacial score (nSPS) is 11.4. The number of nitrogens with zero attached hydrogens (tertiary/aromatic N) is 4. The molecule has 2 rings (SSSR count). The van der Waals surface area contributed by atoms with Crippen molar-refractivity contribution in [3.05, 3.63) is 42.0 Å². The fourth-order valence-electron chi connectivity index (χ4n) is 2.28. The molecule has 2 aromatic rings. The first kappa shape index (κ1) is 20.8. The van der Waals surface area contributed by atoms with Crippen molar-refractivity contribution in [3.63, 3.8) is 0 Å². The van der Waals surface area contributed by atoms with E-state index in [9.17, 15) is 13.2 Å². The highest BCUT2D eigenvalue weighted by molar-refractivity contribution is 7.89. The quantitative estimate of drug-likeness (QED) is 0.741. The summed E-state index contributed by atoms with van der Waals surface area (Å²) in [6.07, 6.45) is 2.16. The van der Waals surface area contributed by atoms with Gasteiger partial charge in [0.2, 0.25) is 10.0 Å². The minimum absolute atomic E-state index is 0.128. The molecule has 1 aromatic heterocycles. The molecule has 1 amide bonds. The number of benzene rings is 1. The third-order valence-electron chi connectivity index (χ3n) is 4.03. The number of nitrogens with one attached hydrogen (secondary N) is 1. The van der Waals surface area contributed by atoms with Crippen LogP contribution in [-0.2, 0) is 10.0 Å². The van der Waals surface area contributed by atoms with E-state index in [1.165, 1.54) is 38.4 Å². The van der Waals surface area contributed by atoms with Gasteiger partial charge in [-0.1, -0.05) is 13.3 Å². The molecule has 0 aliphatic rings. The fraction of sp³-hybridized carbons (Fsp3) is 0.389. The van der Waals surface area contributed by atoms with Gasteiger partial charge in [0.25, 0.3) is 5.91 Å². The molecule has 8 nitrogen and oxygen atoms in total. The van der Waals surface area contributed by atoms with E-state index in [-0.39, 0.29) is 10.8 Å². The van der Waals surface area contributed by atoms with Gasteiger partial charge in [-0.15, -0.1) is 10.2 Å². The lowest BCUT2D eigenvalue weighted by molar-refractivity contribution is 0.102. The van der Waals surface area contributed by atoms with E-state index in [1.807, 2.05) is 11.9 Å². The van der Waals surface area contributed by atoms with Gasteiger partial charge in [-0.25, -0.2) is 12.7 Å². The standard InChI is InChI=1S/C18H25N5O3S/c1-5-6-13-23(4)17-12-11-16(20-21-17)19-18(24)14-7-9-15(10-8-14)27(25,26)22(2)3/h7-12H,5-6,13H2,1-4H3,(H,19,20,24). The highest BCUT2D eigenvalue weighted by atomic mass is 32.2. The number of carbonyl (C=O) groups is 1. The second-order valence-electron chi connectivity index (χ2n) is 6.32. The summed E-state index contributed by atoms with van der Waals surface area (Å²) >= 11 is 0. The van der Waals surface area contributed by atoms with E-state index in [0.717, 1.165) is 29.5 Å². The maximum Gasteiger partial charge on any atom is 0.256 e. The molecule has 0 radical (unpaired) electrons. The van der Waals surface area contributed by atoms with Gasteiger partial charge in [0.15, 0.2) is 11.6 Å². The van der Waals surface area contributed by atoms with Crippen molar-refractivity contribution in [2.75, 3.05) is 37.9 Å². The van der Waals surface area contributed by atoms with Gasteiger partial charge in [-0.05, 0) is 42.8 Å². The smallest absolute Gasteiger partial charge is 0.256 e. The highest BCUT2D eigenvalue weighted by Gasteiger charge is 2.17. The van der Waals surface area contributed by atoms with E-state index in [2.05, 4.69) is 22.4 Å². The summed E-state index contributed by atoms with van der Waals surface area (Å²) in [6.45, 7) is 3.01. The molecular weight excluding hydrogens is 366 g/mol. The molecule has 0 saturated carbocycles. The Kier molecular flexibility index (Phi) is 6.86. The van der Waals surface area contributed by atoms with Gasteiger partial charge >= 0.3 is 0 Å². The first-order chi connectivity index (χ1) is 12.8. The first-order valence-corrected chi connectivity index (χ1v) is 10.1. The van der Waals surface area contributed by atoms with Crippen molar-refractivity contribution in [2.45, 2.75) is 24.7 Å². The number of unbranched alkanes of at least 4 members (excludes halogenated alkanes) is 1. The van der Waals surface area contributed by atoms with Crippen molar-refractivity contribution in [1.29, 1.82) is 0 Å². The molecule has 0 aliphatic heterocycles.